The van der Waals surface area contributed by atoms with Crippen LogP contribution < -0.4 is 9.62 Å². The van der Waals surface area contributed by atoms with E-state index in [0.29, 0.717) is 18.9 Å². The number of nitro groups is 1. The van der Waals surface area contributed by atoms with Crippen molar-refractivity contribution < 1.29 is 18.1 Å². The number of morpholine rings is 1. The van der Waals surface area contributed by atoms with Crippen molar-refractivity contribution in [2.45, 2.75) is 17.9 Å². The van der Waals surface area contributed by atoms with E-state index in [9.17, 15) is 18.5 Å². The molecule has 1 atom stereocenters. The van der Waals surface area contributed by atoms with E-state index in [1.165, 1.54) is 18.2 Å². The molecule has 0 radical (unpaired) electrons. The third-order valence-corrected chi connectivity index (χ3v) is 5.54. The minimum atomic E-state index is -3.91. The molecule has 1 aliphatic rings. The van der Waals surface area contributed by atoms with Crippen LogP contribution in [0.3, 0.4) is 0 Å². The minimum absolute atomic E-state index is 0.155. The van der Waals surface area contributed by atoms with Crippen LogP contribution in [-0.2, 0) is 14.8 Å². The molecule has 2 aromatic carbocycles. The normalized spacial score (nSPS) is 17.7. The molecule has 1 unspecified atom stereocenters. The van der Waals surface area contributed by atoms with E-state index >= 15 is 0 Å². The van der Waals surface area contributed by atoms with Gasteiger partial charge in [-0.2, -0.15) is 0 Å². The van der Waals surface area contributed by atoms with Crippen LogP contribution in [0.25, 0.3) is 0 Å². The van der Waals surface area contributed by atoms with E-state index in [1.807, 2.05) is 12.1 Å². The number of nitrogens with one attached hydrogen (secondary N) is 1. The maximum Gasteiger partial charge on any atom is 0.270 e. The third-order valence-electron chi connectivity index (χ3n) is 4.16. The summed E-state index contributed by atoms with van der Waals surface area (Å²) >= 11 is 0. The van der Waals surface area contributed by atoms with Gasteiger partial charge in [0.05, 0.1) is 23.0 Å². The highest BCUT2D eigenvalue weighted by Gasteiger charge is 2.20. The number of anilines is 2. The zero-order valence-electron chi connectivity index (χ0n) is 14.2. The van der Waals surface area contributed by atoms with Crippen LogP contribution in [0.4, 0.5) is 17.1 Å². The molecule has 9 heteroatoms. The van der Waals surface area contributed by atoms with Crippen molar-refractivity contribution in [1.29, 1.82) is 0 Å². The van der Waals surface area contributed by atoms with Crippen LogP contribution >= 0.6 is 0 Å². The van der Waals surface area contributed by atoms with E-state index < -0.39 is 14.9 Å². The number of hydrogen-bond acceptors (Lipinski definition) is 6. The molecule has 2 aromatic rings. The molecule has 0 spiro atoms. The first kappa shape index (κ1) is 18.2. The number of nitro benzene ring substituents is 1. The molecule has 8 nitrogen and oxygen atoms in total. The second kappa shape index (κ2) is 7.30. The summed E-state index contributed by atoms with van der Waals surface area (Å²) < 4.78 is 32.8. The second-order valence-corrected chi connectivity index (χ2v) is 7.71. The Morgan fingerprint density at radius 2 is 1.96 bits per heavy atom. The van der Waals surface area contributed by atoms with Gasteiger partial charge in [0.1, 0.15) is 0 Å². The van der Waals surface area contributed by atoms with Crippen LogP contribution in [-0.4, -0.2) is 39.1 Å². The second-order valence-electron chi connectivity index (χ2n) is 6.02. The van der Waals surface area contributed by atoms with Gasteiger partial charge in [-0.15, -0.1) is 0 Å². The van der Waals surface area contributed by atoms with E-state index in [2.05, 4.69) is 16.5 Å². The van der Waals surface area contributed by atoms with Gasteiger partial charge in [0.2, 0.25) is 0 Å². The van der Waals surface area contributed by atoms with Gasteiger partial charge in [-0.25, -0.2) is 8.42 Å². The molecule has 0 amide bonds. The molecule has 1 heterocycles. The van der Waals surface area contributed by atoms with Crippen LogP contribution in [0.2, 0.25) is 0 Å². The summed E-state index contributed by atoms with van der Waals surface area (Å²) in [5.41, 5.74) is 1.10. The van der Waals surface area contributed by atoms with E-state index in [0.717, 1.165) is 18.3 Å². The molecule has 0 aliphatic carbocycles. The molecule has 0 bridgehead atoms. The van der Waals surface area contributed by atoms with Crippen LogP contribution in [0, 0.1) is 10.1 Å². The molecule has 1 N–H and O–H groups in total. The summed E-state index contributed by atoms with van der Waals surface area (Å²) in [7, 11) is -3.91. The maximum absolute atomic E-state index is 12.5. The topological polar surface area (TPSA) is 102 Å². The monoisotopic (exact) mass is 377 g/mol. The number of nitrogens with zero attached hydrogens (tertiary/aromatic N) is 2. The highest BCUT2D eigenvalue weighted by Crippen LogP contribution is 2.24. The van der Waals surface area contributed by atoms with Gasteiger partial charge in [-0.05, 0) is 37.3 Å². The zero-order valence-corrected chi connectivity index (χ0v) is 15.0. The lowest BCUT2D eigenvalue weighted by Crippen LogP contribution is -2.43. The van der Waals surface area contributed by atoms with Crippen molar-refractivity contribution >= 4 is 27.1 Å². The number of sulfonamides is 1. The van der Waals surface area contributed by atoms with Gasteiger partial charge in [0.25, 0.3) is 15.7 Å². The average Bonchev–Trinajstić information content (AvgIpc) is 2.63. The standard InChI is InChI=1S/C17H19N3O5S/c1-13-12-25-10-9-19(13)15-7-5-14(6-8-15)18-26(23,24)17-4-2-3-16(11-17)20(21)22/h2-8,11,13,18H,9-10,12H2,1H3. The average molecular weight is 377 g/mol. The summed E-state index contributed by atoms with van der Waals surface area (Å²) in [6, 6.07) is 12.2. The number of rotatable bonds is 5. The van der Waals surface area contributed by atoms with Crippen molar-refractivity contribution in [3.05, 3.63) is 58.6 Å². The molecule has 3 rings (SSSR count). The zero-order chi connectivity index (χ0) is 18.7. The first-order chi connectivity index (χ1) is 12.4. The number of ether oxygens (including phenoxy) is 1. The fourth-order valence-corrected chi connectivity index (χ4v) is 3.91. The molecule has 0 aromatic heterocycles. The van der Waals surface area contributed by atoms with Crippen molar-refractivity contribution in [3.8, 4) is 0 Å². The van der Waals surface area contributed by atoms with Crippen molar-refractivity contribution in [2.75, 3.05) is 29.4 Å². The molecule has 138 valence electrons. The molecular weight excluding hydrogens is 358 g/mol. The van der Waals surface area contributed by atoms with Crippen molar-refractivity contribution in [3.63, 3.8) is 0 Å². The molecular formula is C17H19N3O5S. The Morgan fingerprint density at radius 3 is 2.62 bits per heavy atom. The Morgan fingerprint density at radius 1 is 1.23 bits per heavy atom. The lowest BCUT2D eigenvalue weighted by atomic mass is 10.2. The summed E-state index contributed by atoms with van der Waals surface area (Å²) in [5.74, 6) is 0. The maximum atomic E-state index is 12.5. The smallest absolute Gasteiger partial charge is 0.270 e. The fraction of sp³-hybridized carbons (Fsp3) is 0.294. The first-order valence-corrected chi connectivity index (χ1v) is 9.57. The van der Waals surface area contributed by atoms with E-state index in [-0.39, 0.29) is 16.6 Å². The predicted octanol–water partition coefficient (Wildman–Crippen LogP) is 2.62. The Bertz CT molecular complexity index is 899. The number of non-ortho nitro benzene ring substituents is 1. The SMILES string of the molecule is CC1COCCN1c1ccc(NS(=O)(=O)c2cccc([N+](=O)[O-])c2)cc1. The largest absolute Gasteiger partial charge is 0.377 e. The first-order valence-electron chi connectivity index (χ1n) is 8.08. The number of benzene rings is 2. The summed E-state index contributed by atoms with van der Waals surface area (Å²) in [5, 5.41) is 10.8. The Balaban J connectivity index is 1.78. The van der Waals surface area contributed by atoms with Crippen LogP contribution in [0.1, 0.15) is 6.92 Å². The molecule has 1 saturated heterocycles. The molecule has 1 aliphatic heterocycles. The predicted molar refractivity (Wildman–Crippen MR) is 98.0 cm³/mol. The van der Waals surface area contributed by atoms with Gasteiger partial charge in [0, 0.05) is 36.1 Å². The molecule has 26 heavy (non-hydrogen) atoms. The van der Waals surface area contributed by atoms with Gasteiger partial charge >= 0.3 is 0 Å². The third kappa shape index (κ3) is 3.94. The summed E-state index contributed by atoms with van der Waals surface area (Å²) in [6.45, 7) is 4.16. The van der Waals surface area contributed by atoms with Crippen LogP contribution in [0.5, 0.6) is 0 Å². The van der Waals surface area contributed by atoms with Crippen molar-refractivity contribution in [2.24, 2.45) is 0 Å². The van der Waals surface area contributed by atoms with E-state index in [1.54, 1.807) is 12.1 Å². The molecule has 0 saturated carbocycles. The minimum Gasteiger partial charge on any atom is -0.377 e. The quantitative estimate of drug-likeness (QED) is 0.635. The van der Waals surface area contributed by atoms with Gasteiger partial charge in [-0.3, -0.25) is 14.8 Å². The highest BCUT2D eigenvalue weighted by atomic mass is 32.2. The summed E-state index contributed by atoms with van der Waals surface area (Å²) in [4.78, 5) is 12.2. The van der Waals surface area contributed by atoms with Gasteiger partial charge in [-0.1, -0.05) is 6.07 Å². The molecule has 1 fully saturated rings. The van der Waals surface area contributed by atoms with Crippen LogP contribution in [0.15, 0.2) is 53.4 Å². The number of hydrogen-bond donors (Lipinski definition) is 1. The Kier molecular flexibility index (Phi) is 5.10. The Labute approximate surface area is 151 Å². The van der Waals surface area contributed by atoms with E-state index in [4.69, 9.17) is 4.74 Å². The lowest BCUT2D eigenvalue weighted by molar-refractivity contribution is -0.385. The van der Waals surface area contributed by atoms with Crippen molar-refractivity contribution in [1.82, 2.24) is 0 Å². The highest BCUT2D eigenvalue weighted by molar-refractivity contribution is 7.92. The van der Waals surface area contributed by atoms with Gasteiger partial charge in [0.15, 0.2) is 0 Å². The summed E-state index contributed by atoms with van der Waals surface area (Å²) in [6.07, 6.45) is 0. The fourth-order valence-electron chi connectivity index (χ4n) is 2.81. The van der Waals surface area contributed by atoms with Gasteiger partial charge < -0.3 is 9.64 Å². The lowest BCUT2D eigenvalue weighted by Gasteiger charge is -2.35. The Hall–Kier alpha value is -2.65.